The number of aliphatic hydroxyl groups excluding tert-OH is 2. The maximum atomic E-state index is 13.7. The van der Waals surface area contributed by atoms with Gasteiger partial charge in [-0.25, -0.2) is 0 Å². The molecule has 9 heteroatoms. The predicted molar refractivity (Wildman–Crippen MR) is 155 cm³/mol. The van der Waals surface area contributed by atoms with Crippen molar-refractivity contribution in [1.29, 1.82) is 0 Å². The largest absolute Gasteiger partial charge is 0.511 e. The van der Waals surface area contributed by atoms with Crippen molar-refractivity contribution in [2.75, 3.05) is 5.32 Å². The van der Waals surface area contributed by atoms with Crippen LogP contribution >= 0.6 is 0 Å². The van der Waals surface area contributed by atoms with E-state index in [-0.39, 0.29) is 40.8 Å². The molecule has 41 heavy (non-hydrogen) atoms. The van der Waals surface area contributed by atoms with Crippen molar-refractivity contribution in [3.63, 3.8) is 0 Å². The van der Waals surface area contributed by atoms with Crippen LogP contribution in [0.1, 0.15) is 108 Å². The summed E-state index contributed by atoms with van der Waals surface area (Å²) in [6.07, 6.45) is 10.8. The number of hydrogen-bond acceptors (Lipinski definition) is 7. The first kappa shape index (κ1) is 30.3. The third-order valence-electron chi connectivity index (χ3n) is 9.05. The topological polar surface area (TPSA) is 167 Å². The molecule has 3 aliphatic carbocycles. The zero-order valence-corrected chi connectivity index (χ0v) is 24.0. The Kier molecular flexibility index (Phi) is 9.56. The summed E-state index contributed by atoms with van der Waals surface area (Å²) >= 11 is 0. The van der Waals surface area contributed by atoms with Crippen LogP contribution in [0.5, 0.6) is 5.75 Å². The van der Waals surface area contributed by atoms with Crippen LogP contribution in [0.15, 0.2) is 29.0 Å². The molecule has 4 atom stereocenters. The molecule has 4 rings (SSSR count). The van der Waals surface area contributed by atoms with Gasteiger partial charge in [-0.2, -0.15) is 0 Å². The lowest BCUT2D eigenvalue weighted by Crippen LogP contribution is -2.45. The number of carbonyl (C=O) groups excluding carboxylic acids is 4. The monoisotopic (exact) mass is 566 g/mol. The van der Waals surface area contributed by atoms with Gasteiger partial charge in [0.05, 0.1) is 17.2 Å². The average molecular weight is 567 g/mol. The second-order valence-electron chi connectivity index (χ2n) is 11.8. The van der Waals surface area contributed by atoms with Crippen molar-refractivity contribution in [3.8, 4) is 5.75 Å². The van der Waals surface area contributed by atoms with Crippen molar-refractivity contribution in [1.82, 2.24) is 0 Å². The van der Waals surface area contributed by atoms with Crippen molar-refractivity contribution in [3.05, 3.63) is 40.2 Å². The summed E-state index contributed by atoms with van der Waals surface area (Å²) in [4.78, 5) is 50.5. The maximum absolute atomic E-state index is 13.7. The van der Waals surface area contributed by atoms with E-state index in [9.17, 15) is 34.5 Å². The van der Waals surface area contributed by atoms with Gasteiger partial charge in [0.1, 0.15) is 22.8 Å². The SMILES string of the molecule is CCCCCCCCCCCC(=O)Nc1ccc2c(c1O)C(O)=C1C(=O)C3C(O)=C(C(N)=O)C(=O)CC3CC1[C@H]2C. The highest BCUT2D eigenvalue weighted by atomic mass is 16.3. The third-order valence-corrected chi connectivity index (χ3v) is 9.05. The Bertz CT molecular complexity index is 1290. The van der Waals surface area contributed by atoms with Crippen LogP contribution in [-0.2, 0) is 19.2 Å². The molecule has 2 amide bonds. The van der Waals surface area contributed by atoms with Crippen molar-refractivity contribution in [2.45, 2.75) is 96.8 Å². The molecule has 0 aromatic heterocycles. The minimum atomic E-state index is -1.17. The van der Waals surface area contributed by atoms with Crippen LogP contribution in [-0.4, -0.2) is 38.7 Å². The molecule has 9 nitrogen and oxygen atoms in total. The van der Waals surface area contributed by atoms with Gasteiger partial charge in [-0.15, -0.1) is 0 Å². The fraction of sp³-hybridized carbons (Fsp3) is 0.562. The highest BCUT2D eigenvalue weighted by molar-refractivity contribution is 6.21. The standard InChI is InChI=1S/C32H42N2O7/c1-3-4-5-6-7-8-9-10-11-12-23(36)34-21-14-13-19-17(2)20-15-18-16-22(35)27(32(33)41)30(39)24(18)29(38)26(20)31(40)25(19)28(21)37/h13-14,17-18,20,24,37,39-40H,3-12,15-16H2,1-2H3,(H2,33,41)(H,34,36)/t17-,18?,20?,24?/m0/s1. The van der Waals surface area contributed by atoms with E-state index in [1.54, 1.807) is 12.1 Å². The molecule has 0 saturated heterocycles. The van der Waals surface area contributed by atoms with E-state index in [2.05, 4.69) is 12.2 Å². The number of primary amides is 1. The van der Waals surface area contributed by atoms with Crippen LogP contribution in [0.2, 0.25) is 0 Å². The molecule has 6 N–H and O–H groups in total. The zero-order valence-electron chi connectivity index (χ0n) is 24.0. The molecule has 0 aliphatic heterocycles. The number of phenols is 1. The number of aromatic hydroxyl groups is 1. The lowest BCUT2D eigenvalue weighted by molar-refractivity contribution is -0.128. The lowest BCUT2D eigenvalue weighted by atomic mass is 9.59. The fourth-order valence-corrected chi connectivity index (χ4v) is 6.84. The molecule has 0 bridgehead atoms. The minimum absolute atomic E-state index is 0.0458. The van der Waals surface area contributed by atoms with Crippen molar-refractivity contribution >= 4 is 34.8 Å². The number of fused-ring (bicyclic) bond motifs is 3. The molecule has 3 unspecified atom stereocenters. The van der Waals surface area contributed by atoms with Gasteiger partial charge >= 0.3 is 0 Å². The van der Waals surface area contributed by atoms with Gasteiger partial charge in [-0.1, -0.05) is 71.3 Å². The number of amides is 2. The molecule has 1 aromatic carbocycles. The van der Waals surface area contributed by atoms with Crippen LogP contribution < -0.4 is 11.1 Å². The Morgan fingerprint density at radius 3 is 2.24 bits per heavy atom. The molecule has 3 aliphatic rings. The van der Waals surface area contributed by atoms with E-state index in [4.69, 9.17) is 5.73 Å². The number of ketones is 2. The fourth-order valence-electron chi connectivity index (χ4n) is 6.84. The Balaban J connectivity index is 1.48. The zero-order chi connectivity index (χ0) is 29.8. The summed E-state index contributed by atoms with van der Waals surface area (Å²) in [7, 11) is 0. The number of nitrogens with two attached hydrogens (primary N) is 1. The highest BCUT2D eigenvalue weighted by Crippen LogP contribution is 2.54. The van der Waals surface area contributed by atoms with E-state index in [0.29, 0.717) is 18.4 Å². The minimum Gasteiger partial charge on any atom is -0.511 e. The summed E-state index contributed by atoms with van der Waals surface area (Å²) in [5.41, 5.74) is 5.61. The Morgan fingerprint density at radius 1 is 0.976 bits per heavy atom. The number of aliphatic hydroxyl groups is 2. The third kappa shape index (κ3) is 6.04. The lowest BCUT2D eigenvalue weighted by Gasteiger charge is -2.43. The van der Waals surface area contributed by atoms with Crippen LogP contribution in [0.4, 0.5) is 5.69 Å². The number of carbonyl (C=O) groups is 4. The number of nitrogens with one attached hydrogen (secondary N) is 1. The van der Waals surface area contributed by atoms with Crippen molar-refractivity contribution < 1.29 is 34.5 Å². The second kappa shape index (κ2) is 12.9. The van der Waals surface area contributed by atoms with Gasteiger partial charge in [0.25, 0.3) is 5.91 Å². The molecule has 0 heterocycles. The van der Waals surface area contributed by atoms with Gasteiger partial charge in [0.15, 0.2) is 11.6 Å². The van der Waals surface area contributed by atoms with Gasteiger partial charge in [0.2, 0.25) is 5.91 Å². The van der Waals surface area contributed by atoms with E-state index in [1.807, 2.05) is 6.92 Å². The molecule has 1 aromatic rings. The van der Waals surface area contributed by atoms with E-state index in [0.717, 1.165) is 25.7 Å². The average Bonchev–Trinajstić information content (AvgIpc) is 2.91. The molecule has 1 saturated carbocycles. The van der Waals surface area contributed by atoms with Gasteiger partial charge in [-0.05, 0) is 42.2 Å². The summed E-state index contributed by atoms with van der Waals surface area (Å²) in [6, 6.07) is 3.33. The predicted octanol–water partition coefficient (Wildman–Crippen LogP) is 5.73. The number of Topliss-reactive ketones (excluding diaryl/α,β-unsaturated/α-hetero) is 2. The Hall–Kier alpha value is -3.62. The summed E-state index contributed by atoms with van der Waals surface area (Å²) in [6.45, 7) is 4.08. The number of benzene rings is 1. The van der Waals surface area contributed by atoms with Gasteiger partial charge in [0, 0.05) is 18.4 Å². The first-order valence-corrected chi connectivity index (χ1v) is 15.0. The van der Waals surface area contributed by atoms with Crippen LogP contribution in [0, 0.1) is 17.8 Å². The quantitative estimate of drug-likeness (QED) is 0.122. The van der Waals surface area contributed by atoms with E-state index in [1.165, 1.54) is 32.1 Å². The second-order valence-corrected chi connectivity index (χ2v) is 11.8. The molecular weight excluding hydrogens is 524 g/mol. The Labute approximate surface area is 240 Å². The number of allylic oxidation sites excluding steroid dienone is 2. The molecule has 222 valence electrons. The number of anilines is 1. The first-order chi connectivity index (χ1) is 19.6. The molecule has 1 fully saturated rings. The first-order valence-electron chi connectivity index (χ1n) is 15.0. The van der Waals surface area contributed by atoms with Crippen LogP contribution in [0.25, 0.3) is 5.76 Å². The van der Waals surface area contributed by atoms with E-state index < -0.39 is 52.3 Å². The van der Waals surface area contributed by atoms with Gasteiger partial charge in [-0.3, -0.25) is 19.2 Å². The summed E-state index contributed by atoms with van der Waals surface area (Å²) in [5, 5.41) is 35.9. The number of rotatable bonds is 12. The Morgan fingerprint density at radius 2 is 1.61 bits per heavy atom. The molecular formula is C32H42N2O7. The molecule has 0 radical (unpaired) electrons. The highest BCUT2D eigenvalue weighted by Gasteiger charge is 2.52. The number of unbranched alkanes of at least 4 members (excludes halogenated alkanes) is 8. The van der Waals surface area contributed by atoms with Gasteiger partial charge < -0.3 is 26.4 Å². The summed E-state index contributed by atoms with van der Waals surface area (Å²) in [5.74, 6) is -6.35. The van der Waals surface area contributed by atoms with Crippen molar-refractivity contribution in [2.24, 2.45) is 23.5 Å². The maximum Gasteiger partial charge on any atom is 0.255 e. The normalized spacial score (nSPS) is 23.7. The van der Waals surface area contributed by atoms with Crippen LogP contribution in [0.3, 0.4) is 0 Å². The smallest absolute Gasteiger partial charge is 0.255 e. The van der Waals surface area contributed by atoms with E-state index >= 15 is 0 Å². The number of phenolic OH excluding ortho intramolecular Hbond substituents is 1. The summed E-state index contributed by atoms with van der Waals surface area (Å²) < 4.78 is 0. The molecule has 0 spiro atoms. The number of hydrogen-bond donors (Lipinski definition) is 5.